The fourth-order valence-corrected chi connectivity index (χ4v) is 4.05. The Morgan fingerprint density at radius 1 is 1.21 bits per heavy atom. The number of hydrogen-bond donors (Lipinski definition) is 2. The molecule has 3 aromatic rings. The minimum Gasteiger partial charge on any atom is -0.507 e. The van der Waals surface area contributed by atoms with Gasteiger partial charge in [-0.25, -0.2) is 0 Å². The number of carbonyl (C=O) groups is 1. The summed E-state index contributed by atoms with van der Waals surface area (Å²) in [7, 11) is 0. The minimum atomic E-state index is -0.149. The van der Waals surface area contributed by atoms with Crippen LogP contribution in [0.3, 0.4) is 0 Å². The average Bonchev–Trinajstić information content (AvgIpc) is 2.96. The van der Waals surface area contributed by atoms with Crippen molar-refractivity contribution in [1.82, 2.24) is 9.88 Å². The van der Waals surface area contributed by atoms with Crippen molar-refractivity contribution in [1.29, 1.82) is 0 Å². The number of hydrogen-bond acceptors (Lipinski definition) is 2. The molecule has 1 aliphatic heterocycles. The first-order valence-corrected chi connectivity index (χ1v) is 9.19. The van der Waals surface area contributed by atoms with Crippen molar-refractivity contribution in [2.45, 2.75) is 13.0 Å². The Kier molecular flexibility index (Phi) is 3.89. The molecule has 0 saturated heterocycles. The van der Waals surface area contributed by atoms with Gasteiger partial charge in [-0.15, -0.1) is 0 Å². The smallest absolute Gasteiger partial charge is 0.257 e. The Morgan fingerprint density at radius 2 is 2.04 bits per heavy atom. The largest absolute Gasteiger partial charge is 0.507 e. The summed E-state index contributed by atoms with van der Waals surface area (Å²) in [6.07, 6.45) is 0.775. The molecule has 6 heteroatoms. The maximum absolute atomic E-state index is 12.8. The number of para-hydroxylation sites is 1. The first-order valence-electron chi connectivity index (χ1n) is 7.60. The highest BCUT2D eigenvalue weighted by Crippen LogP contribution is 2.33. The highest BCUT2D eigenvalue weighted by atomic mass is 79.9. The van der Waals surface area contributed by atoms with Crippen molar-refractivity contribution in [3.8, 4) is 5.75 Å². The number of nitrogens with one attached hydrogen (secondary N) is 1. The van der Waals surface area contributed by atoms with Crippen LogP contribution in [0, 0.1) is 0 Å². The van der Waals surface area contributed by atoms with Crippen molar-refractivity contribution >= 4 is 48.7 Å². The van der Waals surface area contributed by atoms with E-state index in [9.17, 15) is 9.90 Å². The number of halogens is 2. The van der Waals surface area contributed by atoms with Crippen molar-refractivity contribution in [2.75, 3.05) is 6.54 Å². The quantitative estimate of drug-likeness (QED) is 0.570. The van der Waals surface area contributed by atoms with E-state index in [1.807, 2.05) is 12.1 Å². The van der Waals surface area contributed by atoms with E-state index >= 15 is 0 Å². The van der Waals surface area contributed by atoms with Crippen molar-refractivity contribution < 1.29 is 9.90 Å². The summed E-state index contributed by atoms with van der Waals surface area (Å²) >= 11 is 6.93. The van der Waals surface area contributed by atoms with Gasteiger partial charge in [0.05, 0.1) is 11.1 Å². The van der Waals surface area contributed by atoms with E-state index < -0.39 is 0 Å². The number of H-pyrrole nitrogens is 1. The Morgan fingerprint density at radius 3 is 2.88 bits per heavy atom. The molecule has 0 radical (unpaired) electrons. The van der Waals surface area contributed by atoms with Crippen LogP contribution in [0.5, 0.6) is 5.75 Å². The second kappa shape index (κ2) is 5.93. The molecule has 4 rings (SSSR count). The summed E-state index contributed by atoms with van der Waals surface area (Å²) < 4.78 is 1.80. The molecule has 4 nitrogen and oxygen atoms in total. The minimum absolute atomic E-state index is 0.00988. The van der Waals surface area contributed by atoms with Crippen LogP contribution in [0.4, 0.5) is 0 Å². The third-order valence-electron chi connectivity index (χ3n) is 4.44. The van der Waals surface area contributed by atoms with E-state index in [4.69, 9.17) is 0 Å². The number of aromatic nitrogens is 1. The SMILES string of the molecule is O=C(c1cc(Br)ccc1O)N1CCc2[nH]c3c(Br)cccc3c2C1. The van der Waals surface area contributed by atoms with Gasteiger partial charge < -0.3 is 15.0 Å². The molecule has 0 fully saturated rings. The number of nitrogens with zero attached hydrogens (tertiary/aromatic N) is 1. The monoisotopic (exact) mass is 448 g/mol. The van der Waals surface area contributed by atoms with Gasteiger partial charge in [0.25, 0.3) is 5.91 Å². The maximum Gasteiger partial charge on any atom is 0.257 e. The highest BCUT2D eigenvalue weighted by Gasteiger charge is 2.26. The van der Waals surface area contributed by atoms with Crippen LogP contribution in [-0.2, 0) is 13.0 Å². The number of amides is 1. The van der Waals surface area contributed by atoms with E-state index in [-0.39, 0.29) is 11.7 Å². The number of phenols is 1. The summed E-state index contributed by atoms with van der Waals surface area (Å²) in [5, 5.41) is 11.2. The summed E-state index contributed by atoms with van der Waals surface area (Å²) in [5.41, 5.74) is 3.73. The average molecular weight is 450 g/mol. The Labute approximate surface area is 155 Å². The standard InChI is InChI=1S/C18H14Br2N2O2/c19-10-4-5-16(23)12(8-10)18(24)22-7-6-15-13(9-22)11-2-1-3-14(20)17(11)21-15/h1-5,8,21,23H,6-7,9H2. The van der Waals surface area contributed by atoms with E-state index in [0.717, 1.165) is 31.8 Å². The lowest BCUT2D eigenvalue weighted by Crippen LogP contribution is -2.35. The third-order valence-corrected chi connectivity index (χ3v) is 5.59. The predicted octanol–water partition coefficient (Wildman–Crippen LogP) is 4.60. The van der Waals surface area contributed by atoms with Crippen molar-refractivity contribution in [2.24, 2.45) is 0 Å². The molecule has 1 amide bonds. The van der Waals surface area contributed by atoms with Gasteiger partial charge in [0.15, 0.2) is 0 Å². The molecule has 0 bridgehead atoms. The molecule has 0 spiro atoms. The molecule has 122 valence electrons. The zero-order chi connectivity index (χ0) is 16.8. The van der Waals surface area contributed by atoms with Gasteiger partial charge in [-0.2, -0.15) is 0 Å². The lowest BCUT2D eigenvalue weighted by Gasteiger charge is -2.27. The van der Waals surface area contributed by atoms with E-state index in [2.05, 4.69) is 42.9 Å². The zero-order valence-electron chi connectivity index (χ0n) is 12.6. The number of aromatic hydroxyl groups is 1. The number of rotatable bonds is 1. The van der Waals surface area contributed by atoms with Crippen molar-refractivity contribution in [3.05, 3.63) is 62.2 Å². The van der Waals surface area contributed by atoms with Crippen LogP contribution < -0.4 is 0 Å². The zero-order valence-corrected chi connectivity index (χ0v) is 15.8. The van der Waals surface area contributed by atoms with Gasteiger partial charge in [-0.3, -0.25) is 4.79 Å². The summed E-state index contributed by atoms with van der Waals surface area (Å²) in [4.78, 5) is 18.1. The fourth-order valence-electron chi connectivity index (χ4n) is 3.23. The number of fused-ring (bicyclic) bond motifs is 3. The number of phenolic OH excluding ortho intramolecular Hbond substituents is 1. The van der Waals surface area contributed by atoms with Crippen LogP contribution >= 0.6 is 31.9 Å². The third kappa shape index (κ3) is 2.54. The molecule has 0 saturated carbocycles. The summed E-state index contributed by atoms with van der Waals surface area (Å²) in [6, 6.07) is 11.0. The Bertz CT molecular complexity index is 965. The molecule has 24 heavy (non-hydrogen) atoms. The normalized spacial score (nSPS) is 14.0. The molecule has 1 aliphatic rings. The first kappa shape index (κ1) is 15.7. The van der Waals surface area contributed by atoms with E-state index in [1.165, 1.54) is 11.8 Å². The summed E-state index contributed by atoms with van der Waals surface area (Å²) in [5.74, 6) is -0.139. The van der Waals surface area contributed by atoms with E-state index in [0.29, 0.717) is 18.7 Å². The molecule has 2 heterocycles. The first-order chi connectivity index (χ1) is 11.5. The molecule has 2 aromatic carbocycles. The topological polar surface area (TPSA) is 56.3 Å². The molecule has 0 atom stereocenters. The molecule has 2 N–H and O–H groups in total. The lowest BCUT2D eigenvalue weighted by atomic mass is 10.0. The molecular weight excluding hydrogens is 436 g/mol. The summed E-state index contributed by atoms with van der Waals surface area (Å²) in [6.45, 7) is 1.17. The van der Waals surface area contributed by atoms with Crippen molar-refractivity contribution in [3.63, 3.8) is 0 Å². The molecule has 0 aliphatic carbocycles. The van der Waals surface area contributed by atoms with Gasteiger partial charge in [0, 0.05) is 45.1 Å². The number of carbonyl (C=O) groups excluding carboxylic acids is 1. The van der Waals surface area contributed by atoms with Crippen LogP contribution in [0.1, 0.15) is 21.6 Å². The predicted molar refractivity (Wildman–Crippen MR) is 100 cm³/mol. The van der Waals surface area contributed by atoms with Crippen LogP contribution in [0.2, 0.25) is 0 Å². The number of aromatic amines is 1. The van der Waals surface area contributed by atoms with Gasteiger partial charge in [0.1, 0.15) is 5.75 Å². The van der Waals surface area contributed by atoms with Gasteiger partial charge in [0.2, 0.25) is 0 Å². The fraction of sp³-hybridized carbons (Fsp3) is 0.167. The van der Waals surface area contributed by atoms with Gasteiger partial charge in [-0.1, -0.05) is 28.1 Å². The Balaban J connectivity index is 1.71. The molecule has 0 unspecified atom stereocenters. The van der Waals surface area contributed by atoms with E-state index in [1.54, 1.807) is 17.0 Å². The Hall–Kier alpha value is -1.79. The van der Waals surface area contributed by atoms with Gasteiger partial charge in [-0.05, 0) is 40.2 Å². The highest BCUT2D eigenvalue weighted by molar-refractivity contribution is 9.11. The maximum atomic E-state index is 12.8. The molecular formula is C18H14Br2N2O2. The second-order valence-corrected chi connectivity index (χ2v) is 7.65. The van der Waals surface area contributed by atoms with Crippen LogP contribution in [-0.4, -0.2) is 27.4 Å². The molecule has 1 aromatic heterocycles. The second-order valence-electron chi connectivity index (χ2n) is 5.88. The lowest BCUT2D eigenvalue weighted by molar-refractivity contribution is 0.0732. The number of benzene rings is 2. The van der Waals surface area contributed by atoms with Crippen LogP contribution in [0.15, 0.2) is 45.3 Å². The van der Waals surface area contributed by atoms with Crippen LogP contribution in [0.25, 0.3) is 10.9 Å². The van der Waals surface area contributed by atoms with Gasteiger partial charge >= 0.3 is 0 Å².